The topological polar surface area (TPSA) is 76.2 Å². The van der Waals surface area contributed by atoms with Crippen molar-refractivity contribution in [3.8, 4) is 11.5 Å². The molecule has 2 aromatic carbocycles. The Hall–Kier alpha value is -3.35. The number of ether oxygens (including phenoxy) is 2. The van der Waals surface area contributed by atoms with Crippen LogP contribution in [-0.4, -0.2) is 67.8 Å². The molecule has 0 saturated carbocycles. The van der Waals surface area contributed by atoms with Crippen molar-refractivity contribution >= 4 is 17.6 Å². The second kappa shape index (κ2) is 9.91. The van der Waals surface area contributed by atoms with E-state index in [1.807, 2.05) is 18.2 Å². The fourth-order valence-corrected chi connectivity index (χ4v) is 3.46. The molecule has 0 radical (unpaired) electrons. The van der Waals surface area contributed by atoms with Crippen molar-refractivity contribution in [2.45, 2.75) is 12.8 Å². The molecule has 0 aromatic heterocycles. The van der Waals surface area contributed by atoms with Crippen molar-refractivity contribution in [1.82, 2.24) is 9.80 Å². The van der Waals surface area contributed by atoms with E-state index < -0.39 is 0 Å². The Morgan fingerprint density at radius 1 is 0.767 bits per heavy atom. The Bertz CT molecular complexity index is 905. The van der Waals surface area contributed by atoms with Crippen molar-refractivity contribution in [3.05, 3.63) is 59.7 Å². The first-order valence-corrected chi connectivity index (χ1v) is 9.91. The van der Waals surface area contributed by atoms with E-state index in [0.717, 1.165) is 0 Å². The van der Waals surface area contributed by atoms with Gasteiger partial charge in [-0.1, -0.05) is 30.3 Å². The molecule has 1 heterocycles. The lowest BCUT2D eigenvalue weighted by molar-refractivity contribution is -0.132. The molecule has 30 heavy (non-hydrogen) atoms. The van der Waals surface area contributed by atoms with Crippen LogP contribution in [0.15, 0.2) is 48.5 Å². The second-order valence-electron chi connectivity index (χ2n) is 7.03. The van der Waals surface area contributed by atoms with Crippen molar-refractivity contribution in [2.75, 3.05) is 40.4 Å². The van der Waals surface area contributed by atoms with E-state index in [1.165, 1.54) is 7.11 Å². The highest BCUT2D eigenvalue weighted by Gasteiger charge is 2.25. The van der Waals surface area contributed by atoms with Crippen molar-refractivity contribution in [1.29, 1.82) is 0 Å². The number of benzene rings is 2. The number of rotatable bonds is 7. The van der Waals surface area contributed by atoms with E-state index in [-0.39, 0.29) is 30.4 Å². The predicted molar refractivity (Wildman–Crippen MR) is 112 cm³/mol. The van der Waals surface area contributed by atoms with Gasteiger partial charge in [-0.15, -0.1) is 0 Å². The van der Waals surface area contributed by atoms with E-state index >= 15 is 0 Å². The van der Waals surface area contributed by atoms with Crippen LogP contribution in [0.25, 0.3) is 0 Å². The molecule has 2 aromatic rings. The third kappa shape index (κ3) is 4.97. The maximum atomic E-state index is 12.8. The molecule has 0 unspecified atom stereocenters. The number of carbonyl (C=O) groups excluding carboxylic acids is 3. The predicted octanol–water partition coefficient (Wildman–Crippen LogP) is 2.65. The number of ketones is 1. The average Bonchev–Trinajstić information content (AvgIpc) is 2.82. The van der Waals surface area contributed by atoms with Crippen LogP contribution in [0.4, 0.5) is 0 Å². The fraction of sp³-hybridized carbons (Fsp3) is 0.348. The third-order valence-corrected chi connectivity index (χ3v) is 5.21. The van der Waals surface area contributed by atoms with Gasteiger partial charge in [-0.05, 0) is 18.2 Å². The summed E-state index contributed by atoms with van der Waals surface area (Å²) in [4.78, 5) is 40.9. The summed E-state index contributed by atoms with van der Waals surface area (Å²) in [5.74, 6) is 0.862. The molecule has 7 nitrogen and oxygen atoms in total. The molecule has 1 aliphatic heterocycles. The summed E-state index contributed by atoms with van der Waals surface area (Å²) >= 11 is 0. The summed E-state index contributed by atoms with van der Waals surface area (Å²) < 4.78 is 10.5. The van der Waals surface area contributed by atoms with Crippen LogP contribution in [0.5, 0.6) is 11.5 Å². The molecule has 0 bridgehead atoms. The quantitative estimate of drug-likeness (QED) is 0.656. The van der Waals surface area contributed by atoms with Gasteiger partial charge in [-0.25, -0.2) is 0 Å². The van der Waals surface area contributed by atoms with Crippen molar-refractivity contribution in [3.63, 3.8) is 0 Å². The molecule has 7 heteroatoms. The van der Waals surface area contributed by atoms with Gasteiger partial charge in [-0.3, -0.25) is 14.4 Å². The maximum Gasteiger partial charge on any atom is 0.254 e. The van der Waals surface area contributed by atoms with Crippen LogP contribution in [0.2, 0.25) is 0 Å². The molecular formula is C23H26N2O5. The summed E-state index contributed by atoms with van der Waals surface area (Å²) in [6, 6.07) is 14.1. The molecule has 1 aliphatic rings. The first kappa shape index (κ1) is 21.4. The monoisotopic (exact) mass is 410 g/mol. The van der Waals surface area contributed by atoms with Gasteiger partial charge in [0.25, 0.3) is 5.91 Å². The van der Waals surface area contributed by atoms with Gasteiger partial charge < -0.3 is 19.3 Å². The second-order valence-corrected chi connectivity index (χ2v) is 7.03. The Kier molecular flexibility index (Phi) is 7.06. The number of hydrogen-bond donors (Lipinski definition) is 0. The molecule has 0 aliphatic carbocycles. The fourth-order valence-electron chi connectivity index (χ4n) is 3.46. The average molecular weight is 410 g/mol. The lowest BCUT2D eigenvalue weighted by Gasteiger charge is -2.35. The number of Topliss-reactive ketones (excluding diaryl/α,β-unsaturated/α-hetero) is 1. The molecule has 0 spiro atoms. The highest BCUT2D eigenvalue weighted by atomic mass is 16.5. The lowest BCUT2D eigenvalue weighted by Crippen LogP contribution is -2.50. The molecule has 158 valence electrons. The SMILES string of the molecule is COc1ccc(C(=O)N2CCN(C(=O)CCC(=O)c3ccccc3)CC2)cc1OC. The number of piperazine rings is 1. The summed E-state index contributed by atoms with van der Waals surface area (Å²) in [5, 5.41) is 0. The summed E-state index contributed by atoms with van der Waals surface area (Å²) in [6.07, 6.45) is 0.366. The zero-order valence-corrected chi connectivity index (χ0v) is 17.3. The number of hydrogen-bond acceptors (Lipinski definition) is 5. The Morgan fingerprint density at radius 2 is 1.40 bits per heavy atom. The molecule has 1 fully saturated rings. The zero-order valence-electron chi connectivity index (χ0n) is 17.3. The van der Waals surface area contributed by atoms with Gasteiger partial charge in [0.2, 0.25) is 5.91 Å². The van der Waals surface area contributed by atoms with Crippen LogP contribution in [-0.2, 0) is 4.79 Å². The van der Waals surface area contributed by atoms with Gasteiger partial charge in [0.15, 0.2) is 17.3 Å². The highest BCUT2D eigenvalue weighted by molar-refractivity contribution is 5.98. The summed E-state index contributed by atoms with van der Waals surface area (Å²) in [5.41, 5.74) is 1.14. The lowest BCUT2D eigenvalue weighted by atomic mass is 10.1. The molecule has 0 N–H and O–H groups in total. The van der Waals surface area contributed by atoms with Crippen LogP contribution in [0.1, 0.15) is 33.6 Å². The summed E-state index contributed by atoms with van der Waals surface area (Å²) in [7, 11) is 3.07. The number of nitrogens with zero attached hydrogens (tertiary/aromatic N) is 2. The van der Waals surface area contributed by atoms with Crippen LogP contribution >= 0.6 is 0 Å². The Balaban J connectivity index is 1.51. The Morgan fingerprint density at radius 3 is 2.03 bits per heavy atom. The van der Waals surface area contributed by atoms with Gasteiger partial charge in [-0.2, -0.15) is 0 Å². The third-order valence-electron chi connectivity index (χ3n) is 5.21. The Labute approximate surface area is 176 Å². The summed E-state index contributed by atoms with van der Waals surface area (Å²) in [6.45, 7) is 1.81. The van der Waals surface area contributed by atoms with E-state index in [2.05, 4.69) is 0 Å². The van der Waals surface area contributed by atoms with Gasteiger partial charge >= 0.3 is 0 Å². The zero-order chi connectivity index (χ0) is 21.5. The minimum Gasteiger partial charge on any atom is -0.493 e. The number of carbonyl (C=O) groups is 3. The minimum absolute atomic E-state index is 0.0359. The minimum atomic E-state index is -0.109. The van der Waals surface area contributed by atoms with Crippen molar-refractivity contribution < 1.29 is 23.9 Å². The highest BCUT2D eigenvalue weighted by Crippen LogP contribution is 2.28. The van der Waals surface area contributed by atoms with Gasteiger partial charge in [0, 0.05) is 50.1 Å². The standard InChI is InChI=1S/C23H26N2O5/c1-29-20-10-8-18(16-21(20)30-2)23(28)25-14-12-24(13-15-25)22(27)11-9-19(26)17-6-4-3-5-7-17/h3-8,10,16H,9,11-15H2,1-2H3. The van der Waals surface area contributed by atoms with Crippen LogP contribution < -0.4 is 9.47 Å². The first-order chi connectivity index (χ1) is 14.5. The normalized spacial score (nSPS) is 13.7. The van der Waals surface area contributed by atoms with E-state index in [4.69, 9.17) is 9.47 Å². The largest absolute Gasteiger partial charge is 0.493 e. The number of amides is 2. The van der Waals surface area contributed by atoms with E-state index in [1.54, 1.807) is 47.2 Å². The molecule has 0 atom stereocenters. The molecule has 1 saturated heterocycles. The first-order valence-electron chi connectivity index (χ1n) is 9.91. The molecular weight excluding hydrogens is 384 g/mol. The van der Waals surface area contributed by atoms with Gasteiger partial charge in [0.1, 0.15) is 0 Å². The number of methoxy groups -OCH3 is 2. The van der Waals surface area contributed by atoms with E-state index in [0.29, 0.717) is 48.8 Å². The molecule has 2 amide bonds. The van der Waals surface area contributed by atoms with Crippen molar-refractivity contribution in [2.24, 2.45) is 0 Å². The maximum absolute atomic E-state index is 12.8. The van der Waals surface area contributed by atoms with Gasteiger partial charge in [0.05, 0.1) is 14.2 Å². The van der Waals surface area contributed by atoms with E-state index in [9.17, 15) is 14.4 Å². The van der Waals surface area contributed by atoms with Crippen LogP contribution in [0, 0.1) is 0 Å². The van der Waals surface area contributed by atoms with Crippen LogP contribution in [0.3, 0.4) is 0 Å². The molecule has 3 rings (SSSR count). The smallest absolute Gasteiger partial charge is 0.254 e.